The second-order valence-corrected chi connectivity index (χ2v) is 4.71. The molecule has 4 N–H and O–H groups in total. The van der Waals surface area contributed by atoms with E-state index in [4.69, 9.17) is 17.3 Å². The van der Waals surface area contributed by atoms with Gasteiger partial charge in [-0.1, -0.05) is 11.6 Å². The largest absolute Gasteiger partial charge is 0.385 e. The Kier molecular flexibility index (Phi) is 3.86. The average molecular weight is 254 g/mol. The zero-order valence-electron chi connectivity index (χ0n) is 9.50. The Bertz CT molecular complexity index is 416. The Hall–Kier alpha value is -1.26. The van der Waals surface area contributed by atoms with Crippen LogP contribution in [0.15, 0.2) is 18.2 Å². The van der Waals surface area contributed by atoms with Gasteiger partial charge in [-0.15, -0.1) is 0 Å². The predicted molar refractivity (Wildman–Crippen MR) is 69.4 cm³/mol. The fraction of sp³-hybridized carbons (Fsp3) is 0.417. The molecule has 0 bridgehead atoms. The summed E-state index contributed by atoms with van der Waals surface area (Å²) in [5.74, 6) is 0.158. The number of primary amides is 1. The molecule has 5 heteroatoms. The van der Waals surface area contributed by atoms with Gasteiger partial charge in [-0.2, -0.15) is 0 Å². The highest BCUT2D eigenvalue weighted by molar-refractivity contribution is 6.34. The van der Waals surface area contributed by atoms with Crippen LogP contribution in [-0.2, 0) is 0 Å². The lowest BCUT2D eigenvalue weighted by molar-refractivity contribution is 0.100. The summed E-state index contributed by atoms with van der Waals surface area (Å²) < 4.78 is 0. The summed E-state index contributed by atoms with van der Waals surface area (Å²) >= 11 is 5.97. The van der Waals surface area contributed by atoms with Gasteiger partial charge in [-0.3, -0.25) is 4.79 Å². The van der Waals surface area contributed by atoms with Gasteiger partial charge < -0.3 is 16.4 Å². The molecule has 1 heterocycles. The smallest absolute Gasteiger partial charge is 0.250 e. The number of rotatable bonds is 4. The lowest BCUT2D eigenvalue weighted by atomic mass is 10.1. The van der Waals surface area contributed by atoms with Crippen molar-refractivity contribution < 1.29 is 4.79 Å². The topological polar surface area (TPSA) is 67.2 Å². The number of anilines is 1. The van der Waals surface area contributed by atoms with Crippen LogP contribution in [0.5, 0.6) is 0 Å². The van der Waals surface area contributed by atoms with Gasteiger partial charge in [0.2, 0.25) is 5.91 Å². The summed E-state index contributed by atoms with van der Waals surface area (Å²) in [6, 6.07) is 5.22. The van der Waals surface area contributed by atoms with Crippen molar-refractivity contribution in [3.63, 3.8) is 0 Å². The molecule has 1 aromatic carbocycles. The van der Waals surface area contributed by atoms with Gasteiger partial charge in [0.25, 0.3) is 0 Å². The highest BCUT2D eigenvalue weighted by atomic mass is 35.5. The average Bonchev–Trinajstić information content (AvgIpc) is 2.78. The molecule has 17 heavy (non-hydrogen) atoms. The molecule has 1 atom stereocenters. The molecule has 4 nitrogen and oxygen atoms in total. The molecule has 1 amide bonds. The number of carbonyl (C=O) groups excluding carboxylic acids is 1. The molecule has 2 rings (SSSR count). The molecule has 1 fully saturated rings. The molecular formula is C12H16ClN3O. The van der Waals surface area contributed by atoms with Crippen molar-refractivity contribution in [1.29, 1.82) is 0 Å². The fourth-order valence-electron chi connectivity index (χ4n) is 1.98. The van der Waals surface area contributed by atoms with E-state index in [1.54, 1.807) is 12.1 Å². The van der Waals surface area contributed by atoms with Gasteiger partial charge in [0.05, 0.1) is 10.6 Å². The summed E-state index contributed by atoms with van der Waals surface area (Å²) in [5, 5.41) is 7.03. The van der Waals surface area contributed by atoms with Gasteiger partial charge in [0, 0.05) is 12.2 Å². The molecule has 0 aromatic heterocycles. The molecule has 92 valence electrons. The molecule has 0 radical (unpaired) electrons. The summed E-state index contributed by atoms with van der Waals surface area (Å²) in [7, 11) is 0. The van der Waals surface area contributed by atoms with Crippen LogP contribution in [0.4, 0.5) is 5.69 Å². The van der Waals surface area contributed by atoms with Crippen LogP contribution in [0.3, 0.4) is 0 Å². The monoisotopic (exact) mass is 253 g/mol. The molecule has 1 unspecified atom stereocenters. The quantitative estimate of drug-likeness (QED) is 0.761. The first-order valence-corrected chi connectivity index (χ1v) is 6.08. The standard InChI is InChI=1S/C12H16ClN3O/c13-11-5-9(1-2-10(11)12(14)17)16-7-8-3-4-15-6-8/h1-2,5,8,15-16H,3-4,6-7H2,(H2,14,17). The van der Waals surface area contributed by atoms with Crippen LogP contribution >= 0.6 is 11.6 Å². The Morgan fingerprint density at radius 1 is 1.59 bits per heavy atom. The second kappa shape index (κ2) is 5.38. The van der Waals surface area contributed by atoms with Crippen LogP contribution in [0, 0.1) is 5.92 Å². The number of hydrogen-bond acceptors (Lipinski definition) is 3. The third kappa shape index (κ3) is 3.11. The van der Waals surface area contributed by atoms with E-state index < -0.39 is 5.91 Å². The minimum Gasteiger partial charge on any atom is -0.385 e. The number of nitrogens with one attached hydrogen (secondary N) is 2. The van der Waals surface area contributed by atoms with Gasteiger partial charge in [-0.25, -0.2) is 0 Å². The minimum absolute atomic E-state index is 0.361. The number of amides is 1. The fourth-order valence-corrected chi connectivity index (χ4v) is 2.25. The number of carbonyl (C=O) groups is 1. The SMILES string of the molecule is NC(=O)c1ccc(NCC2CCNC2)cc1Cl. The van der Waals surface area contributed by atoms with Crippen molar-refractivity contribution in [2.75, 3.05) is 25.0 Å². The maximum atomic E-state index is 11.0. The van der Waals surface area contributed by atoms with E-state index in [1.807, 2.05) is 6.07 Å². The number of halogens is 1. The van der Waals surface area contributed by atoms with E-state index in [0.717, 1.165) is 25.3 Å². The third-order valence-electron chi connectivity index (χ3n) is 2.99. The normalized spacial score (nSPS) is 19.2. The highest BCUT2D eigenvalue weighted by Crippen LogP contribution is 2.21. The highest BCUT2D eigenvalue weighted by Gasteiger charge is 2.14. The number of hydrogen-bond donors (Lipinski definition) is 3. The van der Waals surface area contributed by atoms with Crippen molar-refractivity contribution in [2.24, 2.45) is 11.7 Å². The molecule has 0 aliphatic carbocycles. The maximum Gasteiger partial charge on any atom is 0.250 e. The first-order valence-electron chi connectivity index (χ1n) is 5.71. The lowest BCUT2D eigenvalue weighted by Gasteiger charge is -2.12. The second-order valence-electron chi connectivity index (χ2n) is 4.30. The van der Waals surface area contributed by atoms with Gasteiger partial charge in [-0.05, 0) is 43.6 Å². The van der Waals surface area contributed by atoms with Crippen molar-refractivity contribution >= 4 is 23.2 Å². The Morgan fingerprint density at radius 3 is 3.00 bits per heavy atom. The molecule has 1 aromatic rings. The summed E-state index contributed by atoms with van der Waals surface area (Å²) in [6.07, 6.45) is 1.19. The van der Waals surface area contributed by atoms with E-state index in [-0.39, 0.29) is 0 Å². The van der Waals surface area contributed by atoms with E-state index in [1.165, 1.54) is 6.42 Å². The number of nitrogens with two attached hydrogens (primary N) is 1. The van der Waals surface area contributed by atoms with E-state index >= 15 is 0 Å². The molecule has 0 spiro atoms. The van der Waals surface area contributed by atoms with Crippen LogP contribution in [-0.4, -0.2) is 25.5 Å². The Labute approximate surface area is 106 Å². The van der Waals surface area contributed by atoms with E-state index in [2.05, 4.69) is 10.6 Å². The number of benzene rings is 1. The van der Waals surface area contributed by atoms with Gasteiger partial charge in [0.15, 0.2) is 0 Å². The minimum atomic E-state index is -0.499. The zero-order valence-corrected chi connectivity index (χ0v) is 10.3. The van der Waals surface area contributed by atoms with Crippen molar-refractivity contribution in [3.8, 4) is 0 Å². The van der Waals surface area contributed by atoms with E-state index in [9.17, 15) is 4.79 Å². The summed E-state index contributed by atoms with van der Waals surface area (Å²) in [6.45, 7) is 3.06. The van der Waals surface area contributed by atoms with Crippen molar-refractivity contribution in [2.45, 2.75) is 6.42 Å². The van der Waals surface area contributed by atoms with Crippen molar-refractivity contribution in [1.82, 2.24) is 5.32 Å². The third-order valence-corrected chi connectivity index (χ3v) is 3.30. The van der Waals surface area contributed by atoms with Crippen molar-refractivity contribution in [3.05, 3.63) is 28.8 Å². The molecular weight excluding hydrogens is 238 g/mol. The van der Waals surface area contributed by atoms with Gasteiger partial charge >= 0.3 is 0 Å². The molecule has 0 saturated carbocycles. The molecule has 1 aliphatic heterocycles. The van der Waals surface area contributed by atoms with Crippen LogP contribution in [0.1, 0.15) is 16.8 Å². The zero-order chi connectivity index (χ0) is 12.3. The first kappa shape index (κ1) is 12.2. The Morgan fingerprint density at radius 2 is 2.41 bits per heavy atom. The van der Waals surface area contributed by atoms with Crippen LogP contribution < -0.4 is 16.4 Å². The Balaban J connectivity index is 1.97. The lowest BCUT2D eigenvalue weighted by Crippen LogP contribution is -2.17. The maximum absolute atomic E-state index is 11.0. The molecule has 1 aliphatic rings. The van der Waals surface area contributed by atoms with E-state index in [0.29, 0.717) is 16.5 Å². The first-order chi connectivity index (χ1) is 8.16. The van der Waals surface area contributed by atoms with Gasteiger partial charge in [0.1, 0.15) is 0 Å². The summed E-state index contributed by atoms with van der Waals surface area (Å²) in [5.41, 5.74) is 6.47. The predicted octanol–water partition coefficient (Wildman–Crippen LogP) is 1.46. The molecule has 1 saturated heterocycles. The van der Waals surface area contributed by atoms with Crippen LogP contribution in [0.25, 0.3) is 0 Å². The summed E-state index contributed by atoms with van der Waals surface area (Å²) in [4.78, 5) is 11.0. The van der Waals surface area contributed by atoms with Crippen LogP contribution in [0.2, 0.25) is 5.02 Å².